The minimum absolute atomic E-state index is 0.339. The number of nitrogens with one attached hydrogen (secondary N) is 1. The zero-order valence-corrected chi connectivity index (χ0v) is 19.7. The van der Waals surface area contributed by atoms with Gasteiger partial charge in [0.2, 0.25) is 0 Å². The van der Waals surface area contributed by atoms with Crippen LogP contribution in [0, 0.1) is 0 Å². The second kappa shape index (κ2) is 8.45. The van der Waals surface area contributed by atoms with Crippen LogP contribution in [0.15, 0.2) is 85.5 Å². The lowest BCUT2D eigenvalue weighted by atomic mass is 9.97. The lowest BCUT2D eigenvalue weighted by Gasteiger charge is -2.11. The molecule has 7 nitrogen and oxygen atoms in total. The molecule has 0 amide bonds. The fourth-order valence-corrected chi connectivity index (χ4v) is 4.41. The molecule has 3 N–H and O–H groups in total. The topological polar surface area (TPSA) is 89.5 Å². The second-order valence-electron chi connectivity index (χ2n) is 8.97. The summed E-state index contributed by atoms with van der Waals surface area (Å²) in [5.74, 6) is 0.837. The van der Waals surface area contributed by atoms with Crippen molar-refractivity contribution in [1.82, 2.24) is 24.7 Å². The number of hydrogen-bond acceptors (Lipinski definition) is 4. The Morgan fingerprint density at radius 3 is 2.51 bits per heavy atom. The molecule has 0 fully saturated rings. The zero-order valence-electron chi connectivity index (χ0n) is 19.7. The van der Waals surface area contributed by atoms with Gasteiger partial charge in [-0.2, -0.15) is 4.40 Å². The van der Waals surface area contributed by atoms with Crippen LogP contribution in [0.2, 0.25) is 0 Å². The number of nitrogens with zero attached hydrogens (tertiary/aromatic N) is 5. The van der Waals surface area contributed by atoms with Gasteiger partial charge in [-0.3, -0.25) is 0 Å². The average molecular weight is 461 g/mol. The normalized spacial score (nSPS) is 11.7. The monoisotopic (exact) mass is 460 g/mol. The average Bonchev–Trinajstić information content (AvgIpc) is 3.56. The fourth-order valence-electron chi connectivity index (χ4n) is 4.41. The molecular formula is C28H26N7+. The molecule has 0 saturated carbocycles. The minimum atomic E-state index is 0.339. The van der Waals surface area contributed by atoms with Gasteiger partial charge in [-0.1, -0.05) is 54.6 Å². The summed E-state index contributed by atoms with van der Waals surface area (Å²) in [6.45, 7) is 4.79. The Kier molecular flexibility index (Phi) is 5.12. The Morgan fingerprint density at radius 2 is 1.80 bits per heavy atom. The maximum atomic E-state index is 5.81. The molecule has 0 bridgehead atoms. The molecule has 7 heteroatoms. The summed E-state index contributed by atoms with van der Waals surface area (Å²) in [4.78, 5) is 9.71. The van der Waals surface area contributed by atoms with Gasteiger partial charge in [0.1, 0.15) is 0 Å². The van der Waals surface area contributed by atoms with E-state index in [9.17, 15) is 0 Å². The molecule has 172 valence electrons. The highest BCUT2D eigenvalue weighted by Gasteiger charge is 2.22. The number of pyridine rings is 2. The SMILES string of the molecule is CC(C)n1cnc(-c2[nH]nc3c4cc(-c5ccccc5)c(-c5ccc(CN)cc5)nc4cc[n+]23)c1. The van der Waals surface area contributed by atoms with Crippen molar-refractivity contribution >= 4 is 16.6 Å². The summed E-state index contributed by atoms with van der Waals surface area (Å²) in [6.07, 6.45) is 5.89. The van der Waals surface area contributed by atoms with Crippen molar-refractivity contribution in [2.75, 3.05) is 0 Å². The number of nitrogens with two attached hydrogens (primary N) is 1. The van der Waals surface area contributed by atoms with Crippen molar-refractivity contribution in [3.8, 4) is 33.9 Å². The highest BCUT2D eigenvalue weighted by molar-refractivity contribution is 5.97. The van der Waals surface area contributed by atoms with Gasteiger partial charge in [-0.15, -0.1) is 5.10 Å². The molecule has 0 aliphatic carbocycles. The van der Waals surface area contributed by atoms with Crippen molar-refractivity contribution < 1.29 is 4.40 Å². The Labute approximate surface area is 202 Å². The van der Waals surface area contributed by atoms with Gasteiger partial charge in [0.15, 0.2) is 5.69 Å². The standard InChI is InChI=1S/C28H25N7/c1-18(2)34-16-25(30-17-34)28-33-32-27-23-14-22(20-6-4-3-5-7-20)26(31-24(23)12-13-35(27)28)21-10-8-19(15-29)9-11-21/h3-14,16-18H,15,29H2,1-2H3/p+1. The van der Waals surface area contributed by atoms with E-state index in [1.54, 1.807) is 0 Å². The van der Waals surface area contributed by atoms with Gasteiger partial charge < -0.3 is 10.3 Å². The Hall–Kier alpha value is -4.36. The van der Waals surface area contributed by atoms with Crippen LogP contribution in [-0.4, -0.2) is 24.7 Å². The maximum absolute atomic E-state index is 5.81. The van der Waals surface area contributed by atoms with E-state index in [4.69, 9.17) is 10.7 Å². The molecule has 4 heterocycles. The summed E-state index contributed by atoms with van der Waals surface area (Å²) in [7, 11) is 0. The number of aromatic nitrogens is 6. The summed E-state index contributed by atoms with van der Waals surface area (Å²) < 4.78 is 4.13. The van der Waals surface area contributed by atoms with E-state index in [0.29, 0.717) is 12.6 Å². The summed E-state index contributed by atoms with van der Waals surface area (Å²) >= 11 is 0. The van der Waals surface area contributed by atoms with E-state index in [0.717, 1.165) is 56.0 Å². The molecule has 0 atom stereocenters. The van der Waals surface area contributed by atoms with Gasteiger partial charge in [0.05, 0.1) is 29.1 Å². The molecule has 4 aromatic heterocycles. The molecule has 0 aliphatic heterocycles. The van der Waals surface area contributed by atoms with Crippen molar-refractivity contribution in [1.29, 1.82) is 0 Å². The number of fused-ring (bicyclic) bond motifs is 3. The third kappa shape index (κ3) is 3.66. The molecule has 6 rings (SSSR count). The number of hydrogen-bond donors (Lipinski definition) is 2. The highest BCUT2D eigenvalue weighted by Crippen LogP contribution is 2.34. The van der Waals surface area contributed by atoms with Gasteiger partial charge >= 0.3 is 5.65 Å². The van der Waals surface area contributed by atoms with Crippen LogP contribution < -0.4 is 10.1 Å². The number of benzene rings is 2. The van der Waals surface area contributed by atoms with Crippen LogP contribution in [0.25, 0.3) is 50.5 Å². The van der Waals surface area contributed by atoms with E-state index >= 15 is 0 Å². The zero-order chi connectivity index (χ0) is 23.9. The lowest BCUT2D eigenvalue weighted by molar-refractivity contribution is -0.498. The van der Waals surface area contributed by atoms with Crippen LogP contribution in [0.4, 0.5) is 0 Å². The van der Waals surface area contributed by atoms with Crippen molar-refractivity contribution in [2.45, 2.75) is 26.4 Å². The van der Waals surface area contributed by atoms with Gasteiger partial charge in [0.25, 0.3) is 5.82 Å². The molecule has 0 spiro atoms. The Balaban J connectivity index is 1.57. The van der Waals surface area contributed by atoms with Crippen LogP contribution >= 0.6 is 0 Å². The molecule has 0 unspecified atom stereocenters. The molecule has 0 radical (unpaired) electrons. The molecule has 35 heavy (non-hydrogen) atoms. The molecule has 2 aromatic carbocycles. The quantitative estimate of drug-likeness (QED) is 0.357. The summed E-state index contributed by atoms with van der Waals surface area (Å²) in [5.41, 5.74) is 13.6. The molecule has 0 aliphatic rings. The van der Waals surface area contributed by atoms with Crippen LogP contribution in [0.3, 0.4) is 0 Å². The van der Waals surface area contributed by atoms with E-state index in [1.807, 2.05) is 47.4 Å². The largest absolute Gasteiger partial charge is 0.334 e. The van der Waals surface area contributed by atoms with Crippen LogP contribution in [0.5, 0.6) is 0 Å². The number of aromatic amines is 1. The maximum Gasteiger partial charge on any atom is 0.315 e. The van der Waals surface area contributed by atoms with E-state index in [-0.39, 0.29) is 0 Å². The Bertz CT molecular complexity index is 1640. The molecule has 6 aromatic rings. The summed E-state index contributed by atoms with van der Waals surface area (Å²) in [5, 5.41) is 8.83. The first-order chi connectivity index (χ1) is 17.1. The fraction of sp³-hybridized carbons (Fsp3) is 0.143. The molecular weight excluding hydrogens is 434 g/mol. The third-order valence-electron chi connectivity index (χ3n) is 6.40. The van der Waals surface area contributed by atoms with E-state index in [2.05, 4.69) is 76.1 Å². The first-order valence-electron chi connectivity index (χ1n) is 11.7. The number of imidazole rings is 1. The lowest BCUT2D eigenvalue weighted by Crippen LogP contribution is -2.22. The first kappa shape index (κ1) is 21.2. The van der Waals surface area contributed by atoms with E-state index in [1.165, 1.54) is 0 Å². The number of rotatable bonds is 5. The van der Waals surface area contributed by atoms with E-state index < -0.39 is 0 Å². The van der Waals surface area contributed by atoms with Crippen LogP contribution in [-0.2, 0) is 6.54 Å². The third-order valence-corrected chi connectivity index (χ3v) is 6.40. The molecule has 0 saturated heterocycles. The smallest absolute Gasteiger partial charge is 0.315 e. The first-order valence-corrected chi connectivity index (χ1v) is 11.7. The predicted octanol–water partition coefficient (Wildman–Crippen LogP) is 4.93. The van der Waals surface area contributed by atoms with Crippen molar-refractivity contribution in [2.24, 2.45) is 5.73 Å². The van der Waals surface area contributed by atoms with Crippen LogP contribution in [0.1, 0.15) is 25.5 Å². The Morgan fingerprint density at radius 1 is 1.00 bits per heavy atom. The highest BCUT2D eigenvalue weighted by atomic mass is 15.3. The van der Waals surface area contributed by atoms with Crippen molar-refractivity contribution in [3.05, 3.63) is 91.0 Å². The second-order valence-corrected chi connectivity index (χ2v) is 8.97. The minimum Gasteiger partial charge on any atom is -0.334 e. The van der Waals surface area contributed by atoms with Gasteiger partial charge in [0, 0.05) is 35.0 Å². The van der Waals surface area contributed by atoms with Gasteiger partial charge in [-0.05, 0) is 37.1 Å². The number of H-pyrrole nitrogens is 1. The summed E-state index contributed by atoms with van der Waals surface area (Å²) in [6, 6.07) is 23.2. The van der Waals surface area contributed by atoms with Crippen molar-refractivity contribution in [3.63, 3.8) is 0 Å². The predicted molar refractivity (Wildman–Crippen MR) is 137 cm³/mol. The van der Waals surface area contributed by atoms with Gasteiger partial charge in [-0.25, -0.2) is 9.97 Å².